The van der Waals surface area contributed by atoms with Crippen LogP contribution in [0.4, 0.5) is 5.95 Å². The summed E-state index contributed by atoms with van der Waals surface area (Å²) in [5.41, 5.74) is 0. The van der Waals surface area contributed by atoms with Crippen molar-refractivity contribution in [3.63, 3.8) is 0 Å². The van der Waals surface area contributed by atoms with Crippen molar-refractivity contribution >= 4 is 11.9 Å². The Morgan fingerprint density at radius 1 is 1.61 bits per heavy atom. The highest BCUT2D eigenvalue weighted by molar-refractivity contribution is 5.91. The number of anilines is 1. The van der Waals surface area contributed by atoms with Gasteiger partial charge in [0.1, 0.15) is 5.82 Å². The third kappa shape index (κ3) is 2.87. The average Bonchev–Trinajstić information content (AvgIpc) is 2.68. The fourth-order valence-electron chi connectivity index (χ4n) is 2.24. The van der Waals surface area contributed by atoms with Gasteiger partial charge in [-0.25, -0.2) is 4.68 Å². The van der Waals surface area contributed by atoms with E-state index in [9.17, 15) is 4.79 Å². The predicted octanol–water partition coefficient (Wildman–Crippen LogP) is 1.27. The van der Waals surface area contributed by atoms with E-state index in [0.29, 0.717) is 18.4 Å². The van der Waals surface area contributed by atoms with E-state index in [1.165, 1.54) is 0 Å². The first-order chi connectivity index (χ1) is 8.60. The quantitative estimate of drug-likeness (QED) is 0.879. The van der Waals surface area contributed by atoms with Crippen LogP contribution in [0.25, 0.3) is 0 Å². The van der Waals surface area contributed by atoms with Gasteiger partial charge in [-0.3, -0.25) is 10.1 Å². The lowest BCUT2D eigenvalue weighted by atomic mass is 9.93. The van der Waals surface area contributed by atoms with E-state index in [1.54, 1.807) is 18.7 Å². The molecule has 1 aromatic rings. The van der Waals surface area contributed by atoms with E-state index in [0.717, 1.165) is 19.3 Å². The lowest BCUT2D eigenvalue weighted by molar-refractivity contribution is -0.124. The van der Waals surface area contributed by atoms with Gasteiger partial charge in [0, 0.05) is 19.6 Å². The molecule has 1 aliphatic heterocycles. The summed E-state index contributed by atoms with van der Waals surface area (Å²) in [6, 6.07) is 0. The number of rotatable bonds is 3. The van der Waals surface area contributed by atoms with Crippen LogP contribution in [0.3, 0.4) is 0 Å². The van der Waals surface area contributed by atoms with E-state index < -0.39 is 0 Å². The van der Waals surface area contributed by atoms with E-state index in [-0.39, 0.29) is 17.9 Å². The molecule has 0 unspecified atom stereocenters. The molecule has 0 radical (unpaired) electrons. The van der Waals surface area contributed by atoms with Crippen LogP contribution in [-0.4, -0.2) is 33.4 Å². The topological polar surface area (TPSA) is 69.0 Å². The van der Waals surface area contributed by atoms with Crippen LogP contribution >= 0.6 is 0 Å². The van der Waals surface area contributed by atoms with Crippen LogP contribution in [0, 0.1) is 12.8 Å². The van der Waals surface area contributed by atoms with Crippen LogP contribution in [0.2, 0.25) is 0 Å². The molecule has 6 nitrogen and oxygen atoms in total. The fourth-order valence-corrected chi connectivity index (χ4v) is 2.24. The first-order valence-electron chi connectivity index (χ1n) is 6.40. The third-order valence-electron chi connectivity index (χ3n) is 3.30. The second kappa shape index (κ2) is 5.48. The van der Waals surface area contributed by atoms with Crippen LogP contribution < -0.4 is 5.32 Å². The molecule has 1 saturated heterocycles. The van der Waals surface area contributed by atoms with E-state index in [4.69, 9.17) is 4.74 Å². The number of carbonyl (C=O) groups is 1. The third-order valence-corrected chi connectivity index (χ3v) is 3.30. The van der Waals surface area contributed by atoms with Gasteiger partial charge in [0.15, 0.2) is 0 Å². The molecule has 2 heterocycles. The van der Waals surface area contributed by atoms with Gasteiger partial charge < -0.3 is 4.74 Å². The number of hydrogen-bond donors (Lipinski definition) is 1. The molecular weight excluding hydrogens is 232 g/mol. The van der Waals surface area contributed by atoms with Gasteiger partial charge in [0.2, 0.25) is 11.9 Å². The maximum Gasteiger partial charge on any atom is 0.230 e. The minimum atomic E-state index is 0.0145. The number of amides is 1. The first kappa shape index (κ1) is 13.0. The Balaban J connectivity index is 1.97. The zero-order chi connectivity index (χ0) is 13.1. The largest absolute Gasteiger partial charge is 0.378 e. The molecule has 0 aliphatic carbocycles. The summed E-state index contributed by atoms with van der Waals surface area (Å²) in [5.74, 6) is 1.20. The minimum absolute atomic E-state index is 0.0145. The number of nitrogens with zero attached hydrogens (tertiary/aromatic N) is 3. The van der Waals surface area contributed by atoms with Crippen molar-refractivity contribution in [2.75, 3.05) is 11.9 Å². The highest BCUT2D eigenvalue weighted by Crippen LogP contribution is 2.23. The number of hydrogen-bond acceptors (Lipinski definition) is 4. The molecule has 6 heteroatoms. The number of aryl methyl sites for hydroxylation is 2. The molecule has 1 fully saturated rings. The molecule has 18 heavy (non-hydrogen) atoms. The summed E-state index contributed by atoms with van der Waals surface area (Å²) in [6.45, 7) is 4.54. The predicted molar refractivity (Wildman–Crippen MR) is 67.1 cm³/mol. The molecule has 100 valence electrons. The molecule has 0 saturated carbocycles. The van der Waals surface area contributed by atoms with Crippen molar-refractivity contribution in [2.45, 2.75) is 39.2 Å². The second-order valence-electron chi connectivity index (χ2n) is 4.72. The van der Waals surface area contributed by atoms with Gasteiger partial charge in [-0.2, -0.15) is 10.1 Å². The van der Waals surface area contributed by atoms with Crippen molar-refractivity contribution in [3.8, 4) is 0 Å². The monoisotopic (exact) mass is 252 g/mol. The Morgan fingerprint density at radius 2 is 2.39 bits per heavy atom. The van der Waals surface area contributed by atoms with Crippen LogP contribution in [0.15, 0.2) is 0 Å². The molecule has 1 amide bonds. The number of carbonyl (C=O) groups excluding carboxylic acids is 1. The Morgan fingerprint density at radius 3 is 3.00 bits per heavy atom. The summed E-state index contributed by atoms with van der Waals surface area (Å²) in [4.78, 5) is 16.3. The van der Waals surface area contributed by atoms with Crippen molar-refractivity contribution in [3.05, 3.63) is 5.82 Å². The molecule has 2 atom stereocenters. The Labute approximate surface area is 107 Å². The molecule has 0 bridgehead atoms. The highest BCUT2D eigenvalue weighted by Gasteiger charge is 2.27. The molecule has 2 rings (SSSR count). The summed E-state index contributed by atoms with van der Waals surface area (Å²) in [7, 11) is 1.77. The van der Waals surface area contributed by atoms with Gasteiger partial charge in [-0.05, 0) is 26.2 Å². The Hall–Kier alpha value is -1.43. The minimum Gasteiger partial charge on any atom is -0.378 e. The summed E-state index contributed by atoms with van der Waals surface area (Å²) in [6.07, 6.45) is 2.72. The summed E-state index contributed by atoms with van der Waals surface area (Å²) in [5, 5.41) is 6.95. The van der Waals surface area contributed by atoms with Gasteiger partial charge >= 0.3 is 0 Å². The molecule has 0 aromatic carbocycles. The van der Waals surface area contributed by atoms with Crippen molar-refractivity contribution in [2.24, 2.45) is 13.0 Å². The maximum atomic E-state index is 12.1. The molecular formula is C12H20N4O2. The standard InChI is InChI=1S/C12H20N4O2/c1-4-10-7-9(5-6-18-10)11(17)14-12-13-8(2)15-16(12)3/h9-10H,4-7H2,1-3H3,(H,13,14,15,17)/t9-,10-/m1/s1. The SMILES string of the molecule is CC[C@@H]1C[C@H](C(=O)Nc2nc(C)nn2C)CCO1. The molecule has 0 spiro atoms. The zero-order valence-corrected chi connectivity index (χ0v) is 11.1. The van der Waals surface area contributed by atoms with E-state index in [1.807, 2.05) is 0 Å². The number of nitrogens with one attached hydrogen (secondary N) is 1. The summed E-state index contributed by atoms with van der Waals surface area (Å²) >= 11 is 0. The Bertz CT molecular complexity index is 430. The number of ether oxygens (including phenoxy) is 1. The smallest absolute Gasteiger partial charge is 0.230 e. The van der Waals surface area contributed by atoms with Crippen LogP contribution in [0.5, 0.6) is 0 Å². The molecule has 1 N–H and O–H groups in total. The number of aromatic nitrogens is 3. The van der Waals surface area contributed by atoms with Crippen molar-refractivity contribution < 1.29 is 9.53 Å². The van der Waals surface area contributed by atoms with Gasteiger partial charge in [0.25, 0.3) is 0 Å². The lowest BCUT2D eigenvalue weighted by Crippen LogP contribution is -2.33. The normalized spacial score (nSPS) is 23.9. The van der Waals surface area contributed by atoms with Crippen LogP contribution in [-0.2, 0) is 16.6 Å². The van der Waals surface area contributed by atoms with Crippen LogP contribution in [0.1, 0.15) is 32.0 Å². The maximum absolute atomic E-state index is 12.1. The zero-order valence-electron chi connectivity index (χ0n) is 11.1. The first-order valence-corrected chi connectivity index (χ1v) is 6.40. The van der Waals surface area contributed by atoms with E-state index in [2.05, 4.69) is 22.3 Å². The van der Waals surface area contributed by atoms with Crippen molar-refractivity contribution in [1.29, 1.82) is 0 Å². The molecule has 1 aromatic heterocycles. The average molecular weight is 252 g/mol. The molecule has 1 aliphatic rings. The van der Waals surface area contributed by atoms with Gasteiger partial charge in [0.05, 0.1) is 6.10 Å². The summed E-state index contributed by atoms with van der Waals surface area (Å²) < 4.78 is 7.16. The second-order valence-corrected chi connectivity index (χ2v) is 4.72. The Kier molecular flexibility index (Phi) is 3.96. The lowest BCUT2D eigenvalue weighted by Gasteiger charge is -2.27. The fraction of sp³-hybridized carbons (Fsp3) is 0.750. The van der Waals surface area contributed by atoms with Crippen molar-refractivity contribution in [1.82, 2.24) is 14.8 Å². The van der Waals surface area contributed by atoms with Gasteiger partial charge in [-0.1, -0.05) is 6.92 Å². The van der Waals surface area contributed by atoms with E-state index >= 15 is 0 Å². The van der Waals surface area contributed by atoms with Gasteiger partial charge in [-0.15, -0.1) is 0 Å². The highest BCUT2D eigenvalue weighted by atomic mass is 16.5.